The number of aryl methyl sites for hydroxylation is 1. The summed E-state index contributed by atoms with van der Waals surface area (Å²) in [7, 11) is 0. The predicted molar refractivity (Wildman–Crippen MR) is 82.5 cm³/mol. The summed E-state index contributed by atoms with van der Waals surface area (Å²) in [5, 5.41) is 3.15. The molecule has 2 aromatic rings. The fraction of sp³-hybridized carbons (Fsp3) is 0.250. The quantitative estimate of drug-likeness (QED) is 0.768. The van der Waals surface area contributed by atoms with Crippen molar-refractivity contribution in [3.63, 3.8) is 0 Å². The van der Waals surface area contributed by atoms with Crippen molar-refractivity contribution in [1.82, 2.24) is 0 Å². The second kappa shape index (κ2) is 6.52. The summed E-state index contributed by atoms with van der Waals surface area (Å²) in [6.45, 7) is 2.69. The second-order valence-corrected chi connectivity index (χ2v) is 5.71. The first-order valence-electron chi connectivity index (χ1n) is 6.52. The Morgan fingerprint density at radius 2 is 1.86 bits per heavy atom. The molecule has 2 aromatic carbocycles. The number of halogens is 4. The van der Waals surface area contributed by atoms with E-state index in [1.165, 1.54) is 17.2 Å². The van der Waals surface area contributed by atoms with Crippen LogP contribution in [-0.2, 0) is 12.6 Å². The minimum atomic E-state index is -4.32. The predicted octanol–water partition coefficient (Wildman–Crippen LogP) is 5.43. The molecule has 2 rings (SSSR count). The van der Waals surface area contributed by atoms with E-state index in [2.05, 4.69) is 27.3 Å². The lowest BCUT2D eigenvalue weighted by molar-refractivity contribution is -0.137. The first-order valence-corrected chi connectivity index (χ1v) is 7.32. The van der Waals surface area contributed by atoms with Crippen molar-refractivity contribution < 1.29 is 13.2 Å². The van der Waals surface area contributed by atoms with Gasteiger partial charge in [0.15, 0.2) is 0 Å². The molecule has 5 heteroatoms. The van der Waals surface area contributed by atoms with E-state index in [0.29, 0.717) is 16.7 Å². The van der Waals surface area contributed by atoms with Gasteiger partial charge in [-0.05, 0) is 53.0 Å². The fourth-order valence-electron chi connectivity index (χ4n) is 2.04. The van der Waals surface area contributed by atoms with Gasteiger partial charge in [-0.1, -0.05) is 29.8 Å². The highest BCUT2D eigenvalue weighted by Gasteiger charge is 2.30. The SMILES string of the molecule is Cc1cccc(CCNc2ccc(C(F)(F)F)cc2Br)c1. The minimum Gasteiger partial charge on any atom is -0.384 e. The zero-order valence-corrected chi connectivity index (χ0v) is 13.1. The molecule has 0 unspecified atom stereocenters. The Hall–Kier alpha value is -1.49. The number of benzene rings is 2. The molecule has 0 aliphatic carbocycles. The average Bonchev–Trinajstić information content (AvgIpc) is 2.39. The molecule has 112 valence electrons. The van der Waals surface area contributed by atoms with Gasteiger partial charge in [0.05, 0.1) is 5.56 Å². The van der Waals surface area contributed by atoms with Gasteiger partial charge in [0.1, 0.15) is 0 Å². The molecule has 0 aliphatic rings. The van der Waals surface area contributed by atoms with E-state index < -0.39 is 11.7 Å². The highest BCUT2D eigenvalue weighted by atomic mass is 79.9. The van der Waals surface area contributed by atoms with Crippen LogP contribution in [0.25, 0.3) is 0 Å². The summed E-state index contributed by atoms with van der Waals surface area (Å²) in [4.78, 5) is 0. The van der Waals surface area contributed by atoms with Crippen molar-refractivity contribution in [3.05, 3.63) is 63.6 Å². The average molecular weight is 358 g/mol. The Balaban J connectivity index is 1.98. The van der Waals surface area contributed by atoms with Crippen molar-refractivity contribution in [2.45, 2.75) is 19.5 Å². The van der Waals surface area contributed by atoms with Crippen LogP contribution < -0.4 is 5.32 Å². The molecule has 0 radical (unpaired) electrons. The largest absolute Gasteiger partial charge is 0.416 e. The van der Waals surface area contributed by atoms with Gasteiger partial charge in [-0.25, -0.2) is 0 Å². The van der Waals surface area contributed by atoms with Gasteiger partial charge in [-0.3, -0.25) is 0 Å². The maximum absolute atomic E-state index is 12.6. The Labute approximate surface area is 130 Å². The topological polar surface area (TPSA) is 12.0 Å². The van der Waals surface area contributed by atoms with E-state index in [1.54, 1.807) is 0 Å². The number of hydrogen-bond acceptors (Lipinski definition) is 1. The summed E-state index contributed by atoms with van der Waals surface area (Å²) in [6, 6.07) is 11.8. The zero-order valence-electron chi connectivity index (χ0n) is 11.5. The summed E-state index contributed by atoms with van der Waals surface area (Å²) in [6.07, 6.45) is -3.50. The molecule has 0 aliphatic heterocycles. The molecular weight excluding hydrogens is 343 g/mol. The van der Waals surface area contributed by atoms with E-state index in [9.17, 15) is 13.2 Å². The smallest absolute Gasteiger partial charge is 0.384 e. The minimum absolute atomic E-state index is 0.418. The monoisotopic (exact) mass is 357 g/mol. The van der Waals surface area contributed by atoms with Gasteiger partial charge in [-0.15, -0.1) is 0 Å². The first kappa shape index (κ1) is 15.9. The Morgan fingerprint density at radius 3 is 2.48 bits per heavy atom. The van der Waals surface area contributed by atoms with Crippen LogP contribution in [-0.4, -0.2) is 6.54 Å². The standard InChI is InChI=1S/C16H15BrF3N/c1-11-3-2-4-12(9-11)7-8-21-15-6-5-13(10-14(15)17)16(18,19)20/h2-6,9-10,21H,7-8H2,1H3. The van der Waals surface area contributed by atoms with Crippen molar-refractivity contribution >= 4 is 21.6 Å². The van der Waals surface area contributed by atoms with E-state index >= 15 is 0 Å². The molecule has 1 nitrogen and oxygen atoms in total. The van der Waals surface area contributed by atoms with Crippen LogP contribution >= 0.6 is 15.9 Å². The maximum atomic E-state index is 12.6. The van der Waals surface area contributed by atoms with Crippen LogP contribution in [0.4, 0.5) is 18.9 Å². The summed E-state index contributed by atoms with van der Waals surface area (Å²) in [5.74, 6) is 0. The van der Waals surface area contributed by atoms with Crippen molar-refractivity contribution in [1.29, 1.82) is 0 Å². The lowest BCUT2D eigenvalue weighted by Gasteiger charge is -2.12. The van der Waals surface area contributed by atoms with Gasteiger partial charge < -0.3 is 5.32 Å². The summed E-state index contributed by atoms with van der Waals surface area (Å²) < 4.78 is 38.1. The van der Waals surface area contributed by atoms with Crippen LogP contribution in [0.1, 0.15) is 16.7 Å². The lowest BCUT2D eigenvalue weighted by Crippen LogP contribution is -2.08. The van der Waals surface area contributed by atoms with Crippen molar-refractivity contribution in [2.75, 3.05) is 11.9 Å². The number of nitrogens with one attached hydrogen (secondary N) is 1. The third-order valence-corrected chi connectivity index (χ3v) is 3.76. The number of alkyl halides is 3. The van der Waals surface area contributed by atoms with Crippen LogP contribution in [0.15, 0.2) is 46.9 Å². The van der Waals surface area contributed by atoms with E-state index in [-0.39, 0.29) is 0 Å². The molecule has 0 saturated carbocycles. The van der Waals surface area contributed by atoms with E-state index in [1.807, 2.05) is 25.1 Å². The Kier molecular flexibility index (Phi) is 4.93. The molecule has 21 heavy (non-hydrogen) atoms. The van der Waals surface area contributed by atoms with Gasteiger partial charge in [0, 0.05) is 16.7 Å². The van der Waals surface area contributed by atoms with E-state index in [0.717, 1.165) is 18.6 Å². The second-order valence-electron chi connectivity index (χ2n) is 4.86. The van der Waals surface area contributed by atoms with E-state index in [4.69, 9.17) is 0 Å². The number of rotatable bonds is 4. The molecule has 0 amide bonds. The van der Waals surface area contributed by atoms with Crippen LogP contribution in [0, 0.1) is 6.92 Å². The third-order valence-electron chi connectivity index (χ3n) is 3.11. The van der Waals surface area contributed by atoms with Gasteiger partial charge >= 0.3 is 6.18 Å². The first-order chi connectivity index (χ1) is 9.86. The normalized spacial score (nSPS) is 11.5. The molecule has 0 heterocycles. The fourth-order valence-corrected chi connectivity index (χ4v) is 2.56. The van der Waals surface area contributed by atoms with Gasteiger partial charge in [-0.2, -0.15) is 13.2 Å². The van der Waals surface area contributed by atoms with Crippen LogP contribution in [0.5, 0.6) is 0 Å². The van der Waals surface area contributed by atoms with Crippen molar-refractivity contribution in [2.24, 2.45) is 0 Å². The van der Waals surface area contributed by atoms with Crippen LogP contribution in [0.3, 0.4) is 0 Å². The highest BCUT2D eigenvalue weighted by molar-refractivity contribution is 9.10. The van der Waals surface area contributed by atoms with Crippen molar-refractivity contribution in [3.8, 4) is 0 Å². The molecular formula is C16H15BrF3N. The Morgan fingerprint density at radius 1 is 1.10 bits per heavy atom. The summed E-state index contributed by atoms with van der Waals surface area (Å²) >= 11 is 3.18. The van der Waals surface area contributed by atoms with Crippen LogP contribution in [0.2, 0.25) is 0 Å². The highest BCUT2D eigenvalue weighted by Crippen LogP contribution is 2.33. The third kappa shape index (κ3) is 4.49. The molecule has 0 saturated heterocycles. The molecule has 0 bridgehead atoms. The summed E-state index contributed by atoms with van der Waals surface area (Å²) in [5.41, 5.74) is 2.41. The van der Waals surface area contributed by atoms with Gasteiger partial charge in [0.25, 0.3) is 0 Å². The maximum Gasteiger partial charge on any atom is 0.416 e. The number of anilines is 1. The van der Waals surface area contributed by atoms with Gasteiger partial charge in [0.2, 0.25) is 0 Å². The lowest BCUT2D eigenvalue weighted by atomic mass is 10.1. The molecule has 0 fully saturated rings. The molecule has 1 N–H and O–H groups in total. The molecule has 0 aromatic heterocycles. The zero-order chi connectivity index (χ0) is 15.5. The Bertz CT molecular complexity index is 623. The molecule has 0 atom stereocenters. The number of hydrogen-bond donors (Lipinski definition) is 1. The molecule has 0 spiro atoms.